The van der Waals surface area contributed by atoms with Crippen LogP contribution in [0.3, 0.4) is 0 Å². The van der Waals surface area contributed by atoms with Gasteiger partial charge in [0.1, 0.15) is 0 Å². The number of hydrogen-bond acceptors (Lipinski definition) is 3. The van der Waals surface area contributed by atoms with Crippen molar-refractivity contribution in [1.82, 2.24) is 15.5 Å². The van der Waals surface area contributed by atoms with Crippen molar-refractivity contribution >= 4 is 24.2 Å². The summed E-state index contributed by atoms with van der Waals surface area (Å²) in [5.41, 5.74) is 1.27. The topological polar surface area (TPSA) is 61.4 Å². The molecule has 0 aromatic carbocycles. The normalized spacial score (nSPS) is 23.4. The Kier molecular flexibility index (Phi) is 5.62. The lowest BCUT2D eigenvalue weighted by atomic mass is 10.1. The van der Waals surface area contributed by atoms with E-state index in [2.05, 4.69) is 16.7 Å². The van der Waals surface area contributed by atoms with Crippen LogP contribution in [0.4, 0.5) is 0 Å². The highest BCUT2D eigenvalue weighted by Crippen LogP contribution is 2.16. The van der Waals surface area contributed by atoms with Crippen molar-refractivity contribution in [3.8, 4) is 0 Å². The molecule has 0 radical (unpaired) electrons. The van der Waals surface area contributed by atoms with Gasteiger partial charge >= 0.3 is 0 Å². The Morgan fingerprint density at radius 2 is 2.39 bits per heavy atom. The van der Waals surface area contributed by atoms with E-state index in [1.807, 2.05) is 0 Å². The van der Waals surface area contributed by atoms with Gasteiger partial charge < -0.3 is 15.5 Å². The summed E-state index contributed by atoms with van der Waals surface area (Å²) >= 11 is 0. The summed E-state index contributed by atoms with van der Waals surface area (Å²) in [5, 5.41) is 6.15. The maximum absolute atomic E-state index is 11.8. The summed E-state index contributed by atoms with van der Waals surface area (Å²) in [6.07, 6.45) is 3.46. The molecule has 102 valence electrons. The van der Waals surface area contributed by atoms with E-state index in [9.17, 15) is 9.59 Å². The molecule has 0 aromatic rings. The third-order valence-electron chi connectivity index (χ3n) is 3.36. The van der Waals surface area contributed by atoms with Crippen LogP contribution >= 0.6 is 12.4 Å². The quantitative estimate of drug-likeness (QED) is 0.708. The maximum atomic E-state index is 11.8. The summed E-state index contributed by atoms with van der Waals surface area (Å²) in [4.78, 5) is 24.8. The van der Waals surface area contributed by atoms with E-state index < -0.39 is 0 Å². The molecule has 2 N–H and O–H groups in total. The zero-order chi connectivity index (χ0) is 12.3. The molecule has 1 saturated heterocycles. The highest BCUT2D eigenvalue weighted by atomic mass is 35.5. The standard InChI is InChI=1S/C12H19N3O2.ClH/c1-15-8-10(6-11(15)16)12(17)14-7-9-2-4-13-5-3-9;/h2,10,13H,3-8H2,1H3,(H,14,17);1H. The van der Waals surface area contributed by atoms with Crippen molar-refractivity contribution in [1.29, 1.82) is 0 Å². The number of nitrogens with zero attached hydrogens (tertiary/aromatic N) is 1. The molecule has 2 amide bonds. The fraction of sp³-hybridized carbons (Fsp3) is 0.667. The van der Waals surface area contributed by atoms with Gasteiger partial charge in [-0.15, -0.1) is 12.4 Å². The van der Waals surface area contributed by atoms with Gasteiger partial charge in [0.15, 0.2) is 0 Å². The van der Waals surface area contributed by atoms with Crippen LogP contribution in [0.5, 0.6) is 0 Å². The van der Waals surface area contributed by atoms with Gasteiger partial charge in [0, 0.05) is 33.1 Å². The Morgan fingerprint density at radius 3 is 2.94 bits per heavy atom. The van der Waals surface area contributed by atoms with E-state index in [0.717, 1.165) is 19.5 Å². The minimum absolute atomic E-state index is 0. The Hall–Kier alpha value is -1.07. The Balaban J connectivity index is 0.00000162. The van der Waals surface area contributed by atoms with Crippen molar-refractivity contribution in [2.75, 3.05) is 33.2 Å². The number of hydrogen-bond donors (Lipinski definition) is 2. The molecule has 0 saturated carbocycles. The summed E-state index contributed by atoms with van der Waals surface area (Å²) in [5.74, 6) is -0.108. The minimum atomic E-state index is -0.171. The fourth-order valence-corrected chi connectivity index (χ4v) is 2.21. The van der Waals surface area contributed by atoms with Crippen LogP contribution in [0.2, 0.25) is 0 Å². The predicted octanol–water partition coefficient (Wildman–Crippen LogP) is -0.0776. The SMILES string of the molecule is CN1CC(C(=O)NCC2=CCNCC2)CC1=O.Cl. The first-order chi connectivity index (χ1) is 8.16. The molecule has 0 aliphatic carbocycles. The molecule has 2 aliphatic rings. The molecule has 2 aliphatic heterocycles. The molecule has 18 heavy (non-hydrogen) atoms. The summed E-state index contributed by atoms with van der Waals surface area (Å²) in [6.45, 7) is 3.03. The second-order valence-corrected chi connectivity index (χ2v) is 4.71. The largest absolute Gasteiger partial charge is 0.352 e. The van der Waals surface area contributed by atoms with Gasteiger partial charge in [-0.05, 0) is 13.0 Å². The Bertz CT molecular complexity index is 357. The zero-order valence-corrected chi connectivity index (χ0v) is 11.4. The van der Waals surface area contributed by atoms with E-state index in [0.29, 0.717) is 19.5 Å². The van der Waals surface area contributed by atoms with E-state index in [-0.39, 0.29) is 30.1 Å². The van der Waals surface area contributed by atoms with E-state index in [1.54, 1.807) is 11.9 Å². The lowest BCUT2D eigenvalue weighted by Gasteiger charge is -2.16. The molecule has 2 rings (SSSR count). The van der Waals surface area contributed by atoms with Crippen LogP contribution < -0.4 is 10.6 Å². The van der Waals surface area contributed by atoms with Crippen LogP contribution in [0.1, 0.15) is 12.8 Å². The monoisotopic (exact) mass is 273 g/mol. The van der Waals surface area contributed by atoms with Crippen molar-refractivity contribution in [3.63, 3.8) is 0 Å². The molecule has 5 nitrogen and oxygen atoms in total. The highest BCUT2D eigenvalue weighted by molar-refractivity contribution is 5.89. The van der Waals surface area contributed by atoms with Crippen LogP contribution in [-0.2, 0) is 9.59 Å². The molecule has 1 fully saturated rings. The van der Waals surface area contributed by atoms with Crippen LogP contribution in [0.15, 0.2) is 11.6 Å². The van der Waals surface area contributed by atoms with Gasteiger partial charge in [0.2, 0.25) is 11.8 Å². The molecule has 6 heteroatoms. The van der Waals surface area contributed by atoms with Crippen LogP contribution in [0, 0.1) is 5.92 Å². The molecule has 0 bridgehead atoms. The lowest BCUT2D eigenvalue weighted by molar-refractivity contribution is -0.128. The van der Waals surface area contributed by atoms with E-state index in [1.165, 1.54) is 5.57 Å². The Morgan fingerprint density at radius 1 is 1.61 bits per heavy atom. The summed E-state index contributed by atoms with van der Waals surface area (Å²) < 4.78 is 0. The maximum Gasteiger partial charge on any atom is 0.225 e. The number of nitrogens with one attached hydrogen (secondary N) is 2. The lowest BCUT2D eigenvalue weighted by Crippen LogP contribution is -2.34. The molecule has 0 aromatic heterocycles. The van der Waals surface area contributed by atoms with Crippen molar-refractivity contribution in [3.05, 3.63) is 11.6 Å². The average Bonchev–Trinajstić information content (AvgIpc) is 2.68. The molecule has 0 spiro atoms. The van der Waals surface area contributed by atoms with Gasteiger partial charge in [0.05, 0.1) is 5.92 Å². The number of carbonyl (C=O) groups excluding carboxylic acids is 2. The van der Waals surface area contributed by atoms with Gasteiger partial charge in [-0.25, -0.2) is 0 Å². The summed E-state index contributed by atoms with van der Waals surface area (Å²) in [7, 11) is 1.74. The predicted molar refractivity (Wildman–Crippen MR) is 71.6 cm³/mol. The van der Waals surface area contributed by atoms with Gasteiger partial charge in [-0.3, -0.25) is 9.59 Å². The summed E-state index contributed by atoms with van der Waals surface area (Å²) in [6, 6.07) is 0. The number of carbonyl (C=O) groups is 2. The van der Waals surface area contributed by atoms with Gasteiger partial charge in [-0.1, -0.05) is 11.6 Å². The van der Waals surface area contributed by atoms with Crippen molar-refractivity contribution in [2.24, 2.45) is 5.92 Å². The van der Waals surface area contributed by atoms with Crippen molar-refractivity contribution < 1.29 is 9.59 Å². The third-order valence-corrected chi connectivity index (χ3v) is 3.36. The molecule has 1 unspecified atom stereocenters. The van der Waals surface area contributed by atoms with Crippen LogP contribution in [-0.4, -0.2) is 49.9 Å². The smallest absolute Gasteiger partial charge is 0.225 e. The van der Waals surface area contributed by atoms with Gasteiger partial charge in [-0.2, -0.15) is 0 Å². The molecular formula is C12H20ClN3O2. The van der Waals surface area contributed by atoms with Crippen molar-refractivity contribution in [2.45, 2.75) is 12.8 Å². The van der Waals surface area contributed by atoms with E-state index in [4.69, 9.17) is 0 Å². The number of halogens is 1. The minimum Gasteiger partial charge on any atom is -0.352 e. The third kappa shape index (κ3) is 3.71. The first-order valence-corrected chi connectivity index (χ1v) is 6.07. The van der Waals surface area contributed by atoms with Gasteiger partial charge in [0.25, 0.3) is 0 Å². The molecule has 2 heterocycles. The van der Waals surface area contributed by atoms with Crippen LogP contribution in [0.25, 0.3) is 0 Å². The number of rotatable bonds is 3. The molecule has 1 atom stereocenters. The fourth-order valence-electron chi connectivity index (χ4n) is 2.21. The second-order valence-electron chi connectivity index (χ2n) is 4.71. The number of amides is 2. The number of likely N-dealkylation sites (tertiary alicyclic amines) is 1. The average molecular weight is 274 g/mol. The first-order valence-electron chi connectivity index (χ1n) is 6.07. The second kappa shape index (κ2) is 6.75. The molecular weight excluding hydrogens is 254 g/mol. The zero-order valence-electron chi connectivity index (χ0n) is 10.6. The van der Waals surface area contributed by atoms with E-state index >= 15 is 0 Å². The highest BCUT2D eigenvalue weighted by Gasteiger charge is 2.31. The first kappa shape index (κ1) is 15.0. The Labute approximate surface area is 113 Å².